The number of hydrogen-bond acceptors (Lipinski definition) is 3. The van der Waals surface area contributed by atoms with Crippen molar-refractivity contribution >= 4 is 0 Å². The van der Waals surface area contributed by atoms with Crippen LogP contribution in [0.2, 0.25) is 0 Å². The Morgan fingerprint density at radius 2 is 2.43 bits per heavy atom. The maximum atomic E-state index is 8.46. The zero-order chi connectivity index (χ0) is 10.4. The number of aryl methyl sites for hydroxylation is 1. The van der Waals surface area contributed by atoms with Gasteiger partial charge in [-0.3, -0.25) is 4.68 Å². The zero-order valence-electron chi connectivity index (χ0n) is 8.75. The summed E-state index contributed by atoms with van der Waals surface area (Å²) < 4.78 is 1.88. The monoisotopic (exact) mass is 192 g/mol. The van der Waals surface area contributed by atoms with Gasteiger partial charge in [0.25, 0.3) is 0 Å². The van der Waals surface area contributed by atoms with E-state index >= 15 is 0 Å². The second-order valence-electron chi connectivity index (χ2n) is 3.17. The number of nitrogens with zero attached hydrogens (tertiary/aromatic N) is 3. The van der Waals surface area contributed by atoms with Crippen LogP contribution in [0.5, 0.6) is 0 Å². The van der Waals surface area contributed by atoms with E-state index < -0.39 is 0 Å². The molecule has 0 unspecified atom stereocenters. The highest BCUT2D eigenvalue weighted by molar-refractivity contribution is 5.15. The zero-order valence-corrected chi connectivity index (χ0v) is 8.75. The molecule has 14 heavy (non-hydrogen) atoms. The smallest absolute Gasteiger partial charge is 0.0641 e. The van der Waals surface area contributed by atoms with E-state index in [0.29, 0.717) is 13.0 Å². The van der Waals surface area contributed by atoms with Crippen LogP contribution in [0.1, 0.15) is 24.6 Å². The Morgan fingerprint density at radius 1 is 1.64 bits per heavy atom. The second-order valence-corrected chi connectivity index (χ2v) is 3.17. The van der Waals surface area contributed by atoms with Gasteiger partial charge in [0.2, 0.25) is 0 Å². The molecule has 1 rings (SSSR count). The molecule has 0 aliphatic heterocycles. The summed E-state index contributed by atoms with van der Waals surface area (Å²) in [5.74, 6) is 0. The lowest BCUT2D eigenvalue weighted by molar-refractivity contribution is 0.607. The standard InChI is InChI=1S/C10H16N4/c1-3-12-7-10-8-13-14(9(10)2)6-4-5-11/h8,12H,3-4,6-7H2,1-2H3. The van der Waals surface area contributed by atoms with E-state index in [9.17, 15) is 0 Å². The van der Waals surface area contributed by atoms with E-state index in [4.69, 9.17) is 5.26 Å². The van der Waals surface area contributed by atoms with Crippen molar-refractivity contribution in [3.05, 3.63) is 17.5 Å². The third kappa shape index (κ3) is 2.57. The third-order valence-corrected chi connectivity index (χ3v) is 2.21. The molecule has 0 spiro atoms. The minimum Gasteiger partial charge on any atom is -0.313 e. The first-order valence-corrected chi connectivity index (χ1v) is 4.88. The first kappa shape index (κ1) is 10.7. The Hall–Kier alpha value is -1.34. The molecule has 0 radical (unpaired) electrons. The van der Waals surface area contributed by atoms with Gasteiger partial charge in [0.15, 0.2) is 0 Å². The van der Waals surface area contributed by atoms with Gasteiger partial charge in [-0.05, 0) is 13.5 Å². The van der Waals surface area contributed by atoms with Gasteiger partial charge in [-0.25, -0.2) is 0 Å². The second kappa shape index (κ2) is 5.40. The molecule has 0 saturated heterocycles. The fourth-order valence-electron chi connectivity index (χ4n) is 1.30. The number of hydrogen-bond donors (Lipinski definition) is 1. The highest BCUT2D eigenvalue weighted by Crippen LogP contribution is 2.06. The summed E-state index contributed by atoms with van der Waals surface area (Å²) in [5, 5.41) is 16.0. The molecule has 1 aromatic heterocycles. The van der Waals surface area contributed by atoms with E-state index in [0.717, 1.165) is 18.8 Å². The van der Waals surface area contributed by atoms with Crippen LogP contribution in [-0.2, 0) is 13.1 Å². The average molecular weight is 192 g/mol. The van der Waals surface area contributed by atoms with E-state index in [2.05, 4.69) is 23.4 Å². The normalized spacial score (nSPS) is 10.1. The van der Waals surface area contributed by atoms with Crippen molar-refractivity contribution in [2.24, 2.45) is 0 Å². The first-order chi connectivity index (χ1) is 6.79. The van der Waals surface area contributed by atoms with Gasteiger partial charge in [-0.15, -0.1) is 0 Å². The van der Waals surface area contributed by atoms with Crippen molar-refractivity contribution in [3.8, 4) is 6.07 Å². The number of nitriles is 1. The number of aromatic nitrogens is 2. The van der Waals surface area contributed by atoms with Crippen molar-refractivity contribution in [1.29, 1.82) is 5.26 Å². The van der Waals surface area contributed by atoms with E-state index in [-0.39, 0.29) is 0 Å². The predicted molar refractivity (Wildman–Crippen MR) is 54.6 cm³/mol. The van der Waals surface area contributed by atoms with Gasteiger partial charge < -0.3 is 5.32 Å². The lowest BCUT2D eigenvalue weighted by Crippen LogP contribution is -2.12. The largest absolute Gasteiger partial charge is 0.313 e. The van der Waals surface area contributed by atoms with Gasteiger partial charge >= 0.3 is 0 Å². The molecule has 0 amide bonds. The molecule has 0 bridgehead atoms. The van der Waals surface area contributed by atoms with Crippen molar-refractivity contribution in [1.82, 2.24) is 15.1 Å². The molecule has 1 N–H and O–H groups in total. The Kier molecular flexibility index (Phi) is 4.14. The van der Waals surface area contributed by atoms with Crippen LogP contribution in [0.4, 0.5) is 0 Å². The summed E-state index contributed by atoms with van der Waals surface area (Å²) in [6.45, 7) is 6.62. The lowest BCUT2D eigenvalue weighted by Gasteiger charge is -2.03. The van der Waals surface area contributed by atoms with Crippen LogP contribution >= 0.6 is 0 Å². The fraction of sp³-hybridized carbons (Fsp3) is 0.600. The summed E-state index contributed by atoms with van der Waals surface area (Å²) in [7, 11) is 0. The van der Waals surface area contributed by atoms with Crippen LogP contribution in [0.3, 0.4) is 0 Å². The Bertz CT molecular complexity index is 321. The molecule has 0 aliphatic rings. The van der Waals surface area contributed by atoms with Crippen LogP contribution in [0.15, 0.2) is 6.20 Å². The Balaban J connectivity index is 2.61. The summed E-state index contributed by atoms with van der Waals surface area (Å²) in [4.78, 5) is 0. The molecule has 0 aromatic carbocycles. The minimum atomic E-state index is 0.517. The van der Waals surface area contributed by atoms with Crippen molar-refractivity contribution in [2.45, 2.75) is 33.4 Å². The highest BCUT2D eigenvalue weighted by atomic mass is 15.3. The summed E-state index contributed by atoms with van der Waals surface area (Å²) in [5.41, 5.74) is 2.37. The SMILES string of the molecule is CCNCc1cnn(CCC#N)c1C. The first-order valence-electron chi connectivity index (χ1n) is 4.88. The molecular formula is C10H16N4. The molecule has 4 nitrogen and oxygen atoms in total. The van der Waals surface area contributed by atoms with E-state index in [1.807, 2.05) is 17.8 Å². The van der Waals surface area contributed by atoms with Gasteiger partial charge in [0.05, 0.1) is 25.2 Å². The van der Waals surface area contributed by atoms with Crippen LogP contribution < -0.4 is 5.32 Å². The van der Waals surface area contributed by atoms with Crippen LogP contribution in [0, 0.1) is 18.3 Å². The number of rotatable bonds is 5. The average Bonchev–Trinajstić information content (AvgIpc) is 2.54. The molecule has 0 saturated carbocycles. The van der Waals surface area contributed by atoms with Gasteiger partial charge in [-0.2, -0.15) is 10.4 Å². The summed E-state index contributed by atoms with van der Waals surface area (Å²) in [6, 6.07) is 2.12. The molecule has 1 aromatic rings. The Labute approximate surface area is 84.5 Å². The molecule has 4 heteroatoms. The molecule has 0 aliphatic carbocycles. The highest BCUT2D eigenvalue weighted by Gasteiger charge is 2.04. The quantitative estimate of drug-likeness (QED) is 0.763. The summed E-state index contributed by atoms with van der Waals surface area (Å²) in [6.07, 6.45) is 2.39. The Morgan fingerprint density at radius 3 is 3.07 bits per heavy atom. The van der Waals surface area contributed by atoms with Gasteiger partial charge in [-0.1, -0.05) is 6.92 Å². The van der Waals surface area contributed by atoms with Crippen molar-refractivity contribution < 1.29 is 0 Å². The molecule has 76 valence electrons. The van der Waals surface area contributed by atoms with Crippen molar-refractivity contribution in [2.75, 3.05) is 6.54 Å². The summed E-state index contributed by atoms with van der Waals surface area (Å²) >= 11 is 0. The van der Waals surface area contributed by atoms with Crippen LogP contribution in [0.25, 0.3) is 0 Å². The maximum Gasteiger partial charge on any atom is 0.0641 e. The molecule has 0 fully saturated rings. The van der Waals surface area contributed by atoms with E-state index in [1.54, 1.807) is 0 Å². The maximum absolute atomic E-state index is 8.46. The molecule has 0 atom stereocenters. The predicted octanol–water partition coefficient (Wildman–Crippen LogP) is 1.21. The minimum absolute atomic E-state index is 0.517. The topological polar surface area (TPSA) is 53.6 Å². The van der Waals surface area contributed by atoms with Gasteiger partial charge in [0.1, 0.15) is 0 Å². The number of nitrogens with one attached hydrogen (secondary N) is 1. The van der Waals surface area contributed by atoms with Gasteiger partial charge in [0, 0.05) is 17.8 Å². The van der Waals surface area contributed by atoms with E-state index in [1.165, 1.54) is 5.56 Å². The third-order valence-electron chi connectivity index (χ3n) is 2.21. The lowest BCUT2D eigenvalue weighted by atomic mass is 10.2. The molecular weight excluding hydrogens is 176 g/mol. The van der Waals surface area contributed by atoms with Crippen LogP contribution in [-0.4, -0.2) is 16.3 Å². The fourth-order valence-corrected chi connectivity index (χ4v) is 1.30. The molecule has 1 heterocycles. The van der Waals surface area contributed by atoms with Crippen molar-refractivity contribution in [3.63, 3.8) is 0 Å².